The van der Waals surface area contributed by atoms with Crippen LogP contribution in [0, 0.1) is 0 Å². The standard InChI is InChI=1S/C18H15ClO6/c1-22-18(21)12-2-4-13(5-3-12)25-16(20)10-11-8-14(19)17-15(9-11)23-6-7-24-17/h2-5,8-9H,6-7,10H2,1H3. The number of carbonyl (C=O) groups is 2. The van der Waals surface area contributed by atoms with E-state index in [2.05, 4.69) is 4.74 Å². The molecular weight excluding hydrogens is 348 g/mol. The average molecular weight is 363 g/mol. The highest BCUT2D eigenvalue weighted by Crippen LogP contribution is 2.38. The van der Waals surface area contributed by atoms with E-state index in [9.17, 15) is 9.59 Å². The van der Waals surface area contributed by atoms with Crippen molar-refractivity contribution in [1.29, 1.82) is 0 Å². The summed E-state index contributed by atoms with van der Waals surface area (Å²) in [7, 11) is 1.30. The summed E-state index contributed by atoms with van der Waals surface area (Å²) in [5.41, 5.74) is 1.03. The minimum Gasteiger partial charge on any atom is -0.486 e. The van der Waals surface area contributed by atoms with Crippen LogP contribution in [0.5, 0.6) is 17.2 Å². The molecule has 7 heteroatoms. The van der Waals surface area contributed by atoms with Crippen molar-refractivity contribution in [3.05, 3.63) is 52.5 Å². The average Bonchev–Trinajstić information content (AvgIpc) is 2.61. The summed E-state index contributed by atoms with van der Waals surface area (Å²) in [6.45, 7) is 0.874. The second-order valence-corrected chi connectivity index (χ2v) is 5.68. The van der Waals surface area contributed by atoms with Crippen LogP contribution in [0.25, 0.3) is 0 Å². The van der Waals surface area contributed by atoms with Gasteiger partial charge in [-0.3, -0.25) is 4.79 Å². The van der Waals surface area contributed by atoms with Crippen LogP contribution in [0.2, 0.25) is 5.02 Å². The molecule has 25 heavy (non-hydrogen) atoms. The van der Waals surface area contributed by atoms with Crippen molar-refractivity contribution in [2.45, 2.75) is 6.42 Å². The Morgan fingerprint density at radius 1 is 1.12 bits per heavy atom. The lowest BCUT2D eigenvalue weighted by atomic mass is 10.1. The molecule has 0 bridgehead atoms. The van der Waals surface area contributed by atoms with Crippen LogP contribution in [0.4, 0.5) is 0 Å². The Morgan fingerprint density at radius 3 is 2.56 bits per heavy atom. The maximum Gasteiger partial charge on any atom is 0.337 e. The normalized spacial score (nSPS) is 12.4. The first-order chi connectivity index (χ1) is 12.1. The van der Waals surface area contributed by atoms with Crippen molar-refractivity contribution in [3.8, 4) is 17.2 Å². The van der Waals surface area contributed by atoms with Gasteiger partial charge in [-0.25, -0.2) is 4.79 Å². The SMILES string of the molecule is COC(=O)c1ccc(OC(=O)Cc2cc(Cl)c3c(c2)OCCO3)cc1. The molecule has 2 aromatic carbocycles. The number of rotatable bonds is 4. The largest absolute Gasteiger partial charge is 0.486 e. The maximum absolute atomic E-state index is 12.1. The van der Waals surface area contributed by atoms with Crippen LogP contribution in [0.15, 0.2) is 36.4 Å². The van der Waals surface area contributed by atoms with E-state index in [0.717, 1.165) is 0 Å². The molecule has 0 saturated carbocycles. The van der Waals surface area contributed by atoms with Gasteiger partial charge in [-0.05, 0) is 42.0 Å². The van der Waals surface area contributed by atoms with E-state index < -0.39 is 11.9 Å². The third kappa shape index (κ3) is 4.03. The molecule has 0 amide bonds. The number of halogens is 1. The van der Waals surface area contributed by atoms with Gasteiger partial charge in [0.15, 0.2) is 11.5 Å². The first kappa shape index (κ1) is 17.1. The van der Waals surface area contributed by atoms with E-state index >= 15 is 0 Å². The number of fused-ring (bicyclic) bond motifs is 1. The lowest BCUT2D eigenvalue weighted by Gasteiger charge is -2.20. The number of carbonyl (C=O) groups excluding carboxylic acids is 2. The molecule has 6 nitrogen and oxygen atoms in total. The summed E-state index contributed by atoms with van der Waals surface area (Å²) in [6, 6.07) is 9.46. The molecule has 0 N–H and O–H groups in total. The molecule has 0 radical (unpaired) electrons. The predicted octanol–water partition coefficient (Wildman–Crippen LogP) is 3.05. The van der Waals surface area contributed by atoms with Gasteiger partial charge in [0, 0.05) is 0 Å². The summed E-state index contributed by atoms with van der Waals surface area (Å²) in [5, 5.41) is 0.391. The molecule has 0 aromatic heterocycles. The van der Waals surface area contributed by atoms with Crippen molar-refractivity contribution in [3.63, 3.8) is 0 Å². The van der Waals surface area contributed by atoms with E-state index in [1.165, 1.54) is 31.4 Å². The Morgan fingerprint density at radius 2 is 1.84 bits per heavy atom. The van der Waals surface area contributed by atoms with E-state index in [1.54, 1.807) is 12.1 Å². The second kappa shape index (κ2) is 7.44. The van der Waals surface area contributed by atoms with Gasteiger partial charge >= 0.3 is 11.9 Å². The zero-order valence-electron chi connectivity index (χ0n) is 13.4. The van der Waals surface area contributed by atoms with Crippen LogP contribution in [0.1, 0.15) is 15.9 Å². The molecule has 1 heterocycles. The zero-order valence-corrected chi connectivity index (χ0v) is 14.2. The van der Waals surface area contributed by atoms with E-state index in [1.807, 2.05) is 0 Å². The summed E-state index contributed by atoms with van der Waals surface area (Å²) < 4.78 is 20.8. The highest BCUT2D eigenvalue weighted by Gasteiger charge is 2.18. The number of hydrogen-bond acceptors (Lipinski definition) is 6. The van der Waals surface area contributed by atoms with E-state index in [-0.39, 0.29) is 6.42 Å². The second-order valence-electron chi connectivity index (χ2n) is 5.27. The van der Waals surface area contributed by atoms with Crippen LogP contribution in [-0.4, -0.2) is 32.3 Å². The number of esters is 2. The summed E-state index contributed by atoms with van der Waals surface area (Å²) in [5.74, 6) is 0.427. The molecule has 1 aliphatic heterocycles. The fourth-order valence-electron chi connectivity index (χ4n) is 2.38. The molecule has 0 spiro atoms. The topological polar surface area (TPSA) is 71.1 Å². The van der Waals surface area contributed by atoms with Crippen molar-refractivity contribution in [1.82, 2.24) is 0 Å². The Hall–Kier alpha value is -2.73. The maximum atomic E-state index is 12.1. The number of ether oxygens (including phenoxy) is 4. The first-order valence-corrected chi connectivity index (χ1v) is 7.91. The highest BCUT2D eigenvalue weighted by atomic mass is 35.5. The zero-order chi connectivity index (χ0) is 17.8. The molecule has 130 valence electrons. The Balaban J connectivity index is 1.66. The Kier molecular flexibility index (Phi) is 5.09. The van der Waals surface area contributed by atoms with Gasteiger partial charge in [0.05, 0.1) is 24.1 Å². The molecule has 0 unspecified atom stereocenters. The third-order valence-electron chi connectivity index (χ3n) is 3.51. The monoisotopic (exact) mass is 362 g/mol. The van der Waals surface area contributed by atoms with Gasteiger partial charge < -0.3 is 18.9 Å². The van der Waals surface area contributed by atoms with Gasteiger partial charge in [-0.2, -0.15) is 0 Å². The molecular formula is C18H15ClO6. The highest BCUT2D eigenvalue weighted by molar-refractivity contribution is 6.32. The Bertz CT molecular complexity index is 800. The number of methoxy groups -OCH3 is 1. The number of benzene rings is 2. The fraction of sp³-hybridized carbons (Fsp3) is 0.222. The molecule has 0 atom stereocenters. The summed E-state index contributed by atoms with van der Waals surface area (Å²) in [4.78, 5) is 23.5. The molecule has 1 aliphatic rings. The molecule has 3 rings (SSSR count). The minimum absolute atomic E-state index is 0.0229. The molecule has 0 aliphatic carbocycles. The quantitative estimate of drug-likeness (QED) is 0.615. The lowest BCUT2D eigenvalue weighted by Crippen LogP contribution is -2.16. The summed E-state index contributed by atoms with van der Waals surface area (Å²) in [6.07, 6.45) is 0.0229. The molecule has 2 aromatic rings. The van der Waals surface area contributed by atoms with Crippen molar-refractivity contribution in [2.24, 2.45) is 0 Å². The number of hydrogen-bond donors (Lipinski definition) is 0. The molecule has 0 fully saturated rings. The van der Waals surface area contributed by atoms with E-state index in [4.69, 9.17) is 25.8 Å². The van der Waals surface area contributed by atoms with Crippen LogP contribution >= 0.6 is 11.6 Å². The molecule has 0 saturated heterocycles. The van der Waals surface area contributed by atoms with Gasteiger partial charge in [-0.1, -0.05) is 11.6 Å². The predicted molar refractivity (Wildman–Crippen MR) is 89.6 cm³/mol. The van der Waals surface area contributed by atoms with Crippen molar-refractivity contribution < 1.29 is 28.5 Å². The third-order valence-corrected chi connectivity index (χ3v) is 3.79. The van der Waals surface area contributed by atoms with Gasteiger partial charge in [0.1, 0.15) is 19.0 Å². The summed E-state index contributed by atoms with van der Waals surface area (Å²) >= 11 is 6.15. The van der Waals surface area contributed by atoms with Gasteiger partial charge in [-0.15, -0.1) is 0 Å². The van der Waals surface area contributed by atoms with Crippen molar-refractivity contribution in [2.75, 3.05) is 20.3 Å². The smallest absolute Gasteiger partial charge is 0.337 e. The van der Waals surface area contributed by atoms with Gasteiger partial charge in [0.25, 0.3) is 0 Å². The fourth-order valence-corrected chi connectivity index (χ4v) is 2.67. The first-order valence-electron chi connectivity index (χ1n) is 7.54. The Labute approximate surface area is 149 Å². The van der Waals surface area contributed by atoms with Gasteiger partial charge in [0.2, 0.25) is 0 Å². The van der Waals surface area contributed by atoms with E-state index in [0.29, 0.717) is 46.6 Å². The van der Waals surface area contributed by atoms with Crippen LogP contribution < -0.4 is 14.2 Å². The van der Waals surface area contributed by atoms with Crippen LogP contribution in [0.3, 0.4) is 0 Å². The van der Waals surface area contributed by atoms with Crippen LogP contribution in [-0.2, 0) is 16.0 Å². The lowest BCUT2D eigenvalue weighted by molar-refractivity contribution is -0.133. The minimum atomic E-state index is -0.460. The van der Waals surface area contributed by atoms with Crippen molar-refractivity contribution >= 4 is 23.5 Å².